The monoisotopic (exact) mass is 294 g/mol. The molecule has 1 amide bonds. The highest BCUT2D eigenvalue weighted by molar-refractivity contribution is 8.39. The number of carbonyl (C=O) groups excluding carboxylic acids is 1. The van der Waals surface area contributed by atoms with Crippen molar-refractivity contribution in [2.24, 2.45) is 4.99 Å². The number of rotatable bonds is 5. The van der Waals surface area contributed by atoms with Crippen LogP contribution in [-0.4, -0.2) is 27.8 Å². The Morgan fingerprint density at radius 2 is 2.26 bits per heavy atom. The molecule has 0 aromatic heterocycles. The molecule has 0 saturated heterocycles. The normalized spacial score (nSPS) is 15.9. The van der Waals surface area contributed by atoms with Crippen molar-refractivity contribution in [3.8, 4) is 0 Å². The summed E-state index contributed by atoms with van der Waals surface area (Å²) < 4.78 is 1.06. The smallest absolute Gasteiger partial charge is 0.233 e. The molecular formula is C14H18N2OS2. The Balaban J connectivity index is 1.83. The number of thioether (sulfide) groups is 2. The van der Waals surface area contributed by atoms with Gasteiger partial charge in [-0.25, -0.2) is 0 Å². The summed E-state index contributed by atoms with van der Waals surface area (Å²) in [6.07, 6.45) is 0.824. The van der Waals surface area contributed by atoms with Crippen LogP contribution >= 0.6 is 23.5 Å². The standard InChI is InChI=1S/C14H18N2OS2/c1-2-12(19-14-15-8-9-18-14)13(17)16-10-11-6-4-3-5-7-11/h3-7,12H,2,8-10H2,1H3,(H,16,17)/t12-/m0/s1. The van der Waals surface area contributed by atoms with Crippen molar-refractivity contribution in [2.75, 3.05) is 12.3 Å². The maximum Gasteiger partial charge on any atom is 0.233 e. The van der Waals surface area contributed by atoms with Gasteiger partial charge in [0.05, 0.1) is 11.8 Å². The van der Waals surface area contributed by atoms with Crippen LogP contribution in [0.5, 0.6) is 0 Å². The molecule has 1 atom stereocenters. The summed E-state index contributed by atoms with van der Waals surface area (Å²) >= 11 is 3.35. The SMILES string of the molecule is CC[C@H](SC1=NCCS1)C(=O)NCc1ccccc1. The maximum absolute atomic E-state index is 12.1. The number of benzene rings is 1. The topological polar surface area (TPSA) is 41.5 Å². The van der Waals surface area contributed by atoms with Crippen molar-refractivity contribution in [2.45, 2.75) is 25.1 Å². The number of carbonyl (C=O) groups is 1. The second-order valence-electron chi connectivity index (χ2n) is 4.21. The van der Waals surface area contributed by atoms with Crippen LogP contribution in [0.15, 0.2) is 35.3 Å². The van der Waals surface area contributed by atoms with Crippen molar-refractivity contribution in [3.63, 3.8) is 0 Å². The summed E-state index contributed by atoms with van der Waals surface area (Å²) in [5.41, 5.74) is 1.13. The molecule has 1 aromatic rings. The molecule has 1 heterocycles. The van der Waals surface area contributed by atoms with Crippen LogP contribution in [0, 0.1) is 0 Å². The van der Waals surface area contributed by atoms with Gasteiger partial charge in [-0.2, -0.15) is 0 Å². The van der Waals surface area contributed by atoms with Crippen molar-refractivity contribution < 1.29 is 4.79 Å². The van der Waals surface area contributed by atoms with E-state index in [0.29, 0.717) is 6.54 Å². The molecule has 0 saturated carbocycles. The predicted octanol–water partition coefficient (Wildman–Crippen LogP) is 2.92. The average Bonchev–Trinajstić information content (AvgIpc) is 2.96. The molecule has 1 aromatic carbocycles. The van der Waals surface area contributed by atoms with Gasteiger partial charge in [-0.1, -0.05) is 60.8 Å². The first-order chi connectivity index (χ1) is 9.29. The zero-order valence-electron chi connectivity index (χ0n) is 11.0. The zero-order chi connectivity index (χ0) is 13.5. The molecule has 1 aliphatic rings. The van der Waals surface area contributed by atoms with E-state index < -0.39 is 0 Å². The molecule has 1 aliphatic heterocycles. The number of hydrogen-bond donors (Lipinski definition) is 1. The summed E-state index contributed by atoms with van der Waals surface area (Å²) in [5.74, 6) is 1.15. The van der Waals surface area contributed by atoms with Gasteiger partial charge in [-0.05, 0) is 12.0 Å². The van der Waals surface area contributed by atoms with Gasteiger partial charge in [-0.15, -0.1) is 0 Å². The summed E-state index contributed by atoms with van der Waals surface area (Å²) in [5, 5.41) is 2.97. The number of nitrogens with zero attached hydrogens (tertiary/aromatic N) is 1. The molecule has 0 bridgehead atoms. The van der Waals surface area contributed by atoms with Crippen molar-refractivity contribution in [3.05, 3.63) is 35.9 Å². The minimum Gasteiger partial charge on any atom is -0.351 e. The molecule has 102 valence electrons. The third-order valence-corrected chi connectivity index (χ3v) is 5.34. The fourth-order valence-electron chi connectivity index (χ4n) is 1.73. The van der Waals surface area contributed by atoms with E-state index in [1.54, 1.807) is 23.5 Å². The van der Waals surface area contributed by atoms with Crippen LogP contribution in [0.4, 0.5) is 0 Å². The van der Waals surface area contributed by atoms with Gasteiger partial charge in [0.25, 0.3) is 0 Å². The molecule has 0 aliphatic carbocycles. The van der Waals surface area contributed by atoms with E-state index in [1.807, 2.05) is 37.3 Å². The Kier molecular flexibility index (Phi) is 5.79. The van der Waals surface area contributed by atoms with Crippen molar-refractivity contribution in [1.82, 2.24) is 5.32 Å². The van der Waals surface area contributed by atoms with Gasteiger partial charge < -0.3 is 5.32 Å². The molecule has 2 rings (SSSR count). The van der Waals surface area contributed by atoms with E-state index >= 15 is 0 Å². The van der Waals surface area contributed by atoms with Gasteiger partial charge in [0.15, 0.2) is 0 Å². The zero-order valence-corrected chi connectivity index (χ0v) is 12.6. The summed E-state index contributed by atoms with van der Waals surface area (Å²) in [6.45, 7) is 3.52. The molecule has 0 spiro atoms. The number of aliphatic imine (C=N–C) groups is 1. The lowest BCUT2D eigenvalue weighted by Crippen LogP contribution is -2.32. The van der Waals surface area contributed by atoms with Crippen LogP contribution < -0.4 is 5.32 Å². The van der Waals surface area contributed by atoms with E-state index in [-0.39, 0.29) is 11.2 Å². The lowest BCUT2D eigenvalue weighted by Gasteiger charge is -2.14. The molecular weight excluding hydrogens is 276 g/mol. The number of amides is 1. The molecule has 3 nitrogen and oxygen atoms in total. The second kappa shape index (κ2) is 7.60. The Morgan fingerprint density at radius 3 is 2.89 bits per heavy atom. The molecule has 0 unspecified atom stereocenters. The Hall–Kier alpha value is -0.940. The highest BCUT2D eigenvalue weighted by Gasteiger charge is 2.21. The summed E-state index contributed by atoms with van der Waals surface area (Å²) in [4.78, 5) is 16.5. The Bertz CT molecular complexity index is 448. The minimum absolute atomic E-state index is 0.0342. The van der Waals surface area contributed by atoms with E-state index in [4.69, 9.17) is 0 Å². The van der Waals surface area contributed by atoms with Gasteiger partial charge in [0.1, 0.15) is 4.38 Å². The fraction of sp³-hybridized carbons (Fsp3) is 0.429. The Labute approximate surface area is 122 Å². The van der Waals surface area contributed by atoms with Gasteiger partial charge >= 0.3 is 0 Å². The highest BCUT2D eigenvalue weighted by Crippen LogP contribution is 2.27. The van der Waals surface area contributed by atoms with E-state index in [1.165, 1.54) is 0 Å². The lowest BCUT2D eigenvalue weighted by atomic mass is 10.2. The first-order valence-corrected chi connectivity index (χ1v) is 8.31. The Morgan fingerprint density at radius 1 is 1.47 bits per heavy atom. The minimum atomic E-state index is -0.0342. The fourth-order valence-corrected chi connectivity index (χ4v) is 3.91. The number of hydrogen-bond acceptors (Lipinski definition) is 4. The molecule has 5 heteroatoms. The highest BCUT2D eigenvalue weighted by atomic mass is 32.2. The molecule has 19 heavy (non-hydrogen) atoms. The van der Waals surface area contributed by atoms with Crippen LogP contribution in [-0.2, 0) is 11.3 Å². The molecule has 0 fully saturated rings. The quantitative estimate of drug-likeness (QED) is 0.908. The van der Waals surface area contributed by atoms with Crippen LogP contribution in [0.2, 0.25) is 0 Å². The predicted molar refractivity (Wildman–Crippen MR) is 84.7 cm³/mol. The first kappa shape index (κ1) is 14.5. The van der Waals surface area contributed by atoms with E-state index in [2.05, 4.69) is 10.3 Å². The van der Waals surface area contributed by atoms with Crippen LogP contribution in [0.3, 0.4) is 0 Å². The van der Waals surface area contributed by atoms with Crippen molar-refractivity contribution >= 4 is 33.8 Å². The van der Waals surface area contributed by atoms with E-state index in [9.17, 15) is 4.79 Å². The third-order valence-electron chi connectivity index (χ3n) is 2.77. The second-order valence-corrected chi connectivity index (χ2v) is 6.75. The summed E-state index contributed by atoms with van der Waals surface area (Å²) in [6, 6.07) is 9.98. The largest absolute Gasteiger partial charge is 0.351 e. The van der Waals surface area contributed by atoms with Gasteiger partial charge in [-0.3, -0.25) is 9.79 Å². The van der Waals surface area contributed by atoms with Gasteiger partial charge in [0, 0.05) is 12.3 Å². The first-order valence-electron chi connectivity index (χ1n) is 6.45. The molecule has 0 radical (unpaired) electrons. The molecule has 1 N–H and O–H groups in total. The maximum atomic E-state index is 12.1. The van der Waals surface area contributed by atoms with E-state index in [0.717, 1.165) is 28.7 Å². The average molecular weight is 294 g/mol. The third kappa shape index (κ3) is 4.58. The van der Waals surface area contributed by atoms with Gasteiger partial charge in [0.2, 0.25) is 5.91 Å². The lowest BCUT2D eigenvalue weighted by molar-refractivity contribution is -0.120. The van der Waals surface area contributed by atoms with Crippen molar-refractivity contribution in [1.29, 1.82) is 0 Å². The van der Waals surface area contributed by atoms with Crippen LogP contribution in [0.25, 0.3) is 0 Å². The summed E-state index contributed by atoms with van der Waals surface area (Å²) in [7, 11) is 0. The number of nitrogens with one attached hydrogen (secondary N) is 1. The van der Waals surface area contributed by atoms with Crippen LogP contribution in [0.1, 0.15) is 18.9 Å².